The van der Waals surface area contributed by atoms with E-state index in [1.54, 1.807) is 4.68 Å². The van der Waals surface area contributed by atoms with Crippen LogP contribution in [0.15, 0.2) is 6.20 Å². The zero-order valence-corrected chi connectivity index (χ0v) is 17.1. The standard InChI is InChI=1S/C18H27N7OS/c1-13(2)23-4-6-25(7-5-23)18(26)15-20-16-14(12-19-22(16)3)17(21-15)24-8-10-27-11-9-24/h12-13H,4-11H2,1-3H3. The molecule has 0 unspecified atom stereocenters. The zero-order valence-electron chi connectivity index (χ0n) is 16.3. The maximum Gasteiger partial charge on any atom is 0.291 e. The minimum absolute atomic E-state index is 0.0749. The predicted octanol–water partition coefficient (Wildman–Crippen LogP) is 1.08. The van der Waals surface area contributed by atoms with Crippen molar-refractivity contribution in [3.05, 3.63) is 12.0 Å². The van der Waals surface area contributed by atoms with Gasteiger partial charge in [0.05, 0.1) is 11.6 Å². The van der Waals surface area contributed by atoms with Gasteiger partial charge in [0.25, 0.3) is 5.91 Å². The Bertz CT molecular complexity index is 822. The Balaban J connectivity index is 1.63. The van der Waals surface area contributed by atoms with Gasteiger partial charge in [-0.25, -0.2) is 9.97 Å². The molecule has 8 nitrogen and oxygen atoms in total. The summed E-state index contributed by atoms with van der Waals surface area (Å²) in [5.41, 5.74) is 0.724. The smallest absolute Gasteiger partial charge is 0.291 e. The summed E-state index contributed by atoms with van der Waals surface area (Å²) in [5.74, 6) is 3.21. The van der Waals surface area contributed by atoms with E-state index in [0.717, 1.165) is 67.6 Å². The fourth-order valence-corrected chi connectivity index (χ4v) is 4.61. The first-order valence-electron chi connectivity index (χ1n) is 9.60. The van der Waals surface area contributed by atoms with Gasteiger partial charge in [-0.15, -0.1) is 0 Å². The van der Waals surface area contributed by atoms with E-state index < -0.39 is 0 Å². The summed E-state index contributed by atoms with van der Waals surface area (Å²) < 4.78 is 1.73. The maximum atomic E-state index is 13.1. The van der Waals surface area contributed by atoms with E-state index in [2.05, 4.69) is 33.7 Å². The molecule has 2 aliphatic rings. The third kappa shape index (κ3) is 3.62. The lowest BCUT2D eigenvalue weighted by Gasteiger charge is -2.36. The molecule has 0 bridgehead atoms. The number of amides is 1. The van der Waals surface area contributed by atoms with Gasteiger partial charge in [0, 0.05) is 63.9 Å². The molecule has 2 fully saturated rings. The molecule has 4 rings (SSSR count). The van der Waals surface area contributed by atoms with Crippen LogP contribution in [0.5, 0.6) is 0 Å². The largest absolute Gasteiger partial charge is 0.354 e. The van der Waals surface area contributed by atoms with Crippen molar-refractivity contribution in [1.82, 2.24) is 29.5 Å². The number of aromatic nitrogens is 4. The maximum absolute atomic E-state index is 13.1. The molecule has 0 aliphatic carbocycles. The number of hydrogen-bond acceptors (Lipinski definition) is 7. The van der Waals surface area contributed by atoms with Crippen LogP contribution in [0, 0.1) is 0 Å². The van der Waals surface area contributed by atoms with Gasteiger partial charge in [0.15, 0.2) is 5.65 Å². The van der Waals surface area contributed by atoms with Crippen LogP contribution in [-0.2, 0) is 7.05 Å². The van der Waals surface area contributed by atoms with Crippen LogP contribution in [0.25, 0.3) is 11.0 Å². The second-order valence-corrected chi connectivity index (χ2v) is 8.62. The molecule has 4 heterocycles. The number of piperazine rings is 1. The summed E-state index contributed by atoms with van der Waals surface area (Å²) in [4.78, 5) is 28.9. The van der Waals surface area contributed by atoms with Gasteiger partial charge in [-0.05, 0) is 13.8 Å². The molecule has 0 aromatic carbocycles. The van der Waals surface area contributed by atoms with E-state index in [1.807, 2.05) is 29.9 Å². The third-order valence-corrected chi connectivity index (χ3v) is 6.35. The molecule has 0 radical (unpaired) electrons. The minimum Gasteiger partial charge on any atom is -0.354 e. The number of nitrogens with zero attached hydrogens (tertiary/aromatic N) is 7. The number of carbonyl (C=O) groups is 1. The monoisotopic (exact) mass is 389 g/mol. The van der Waals surface area contributed by atoms with Crippen molar-refractivity contribution in [3.8, 4) is 0 Å². The molecule has 27 heavy (non-hydrogen) atoms. The molecular weight excluding hydrogens is 362 g/mol. The molecule has 0 saturated carbocycles. The molecule has 0 atom stereocenters. The highest BCUT2D eigenvalue weighted by Gasteiger charge is 2.27. The number of aryl methyl sites for hydroxylation is 1. The molecular formula is C18H27N7OS. The number of thioether (sulfide) groups is 1. The van der Waals surface area contributed by atoms with Gasteiger partial charge in [0.1, 0.15) is 5.82 Å². The van der Waals surface area contributed by atoms with Gasteiger partial charge < -0.3 is 9.80 Å². The highest BCUT2D eigenvalue weighted by molar-refractivity contribution is 7.99. The summed E-state index contributed by atoms with van der Waals surface area (Å²) in [6.07, 6.45) is 1.81. The highest BCUT2D eigenvalue weighted by atomic mass is 32.2. The van der Waals surface area contributed by atoms with E-state index in [-0.39, 0.29) is 11.7 Å². The lowest BCUT2D eigenvalue weighted by Crippen LogP contribution is -2.51. The van der Waals surface area contributed by atoms with Crippen molar-refractivity contribution in [1.29, 1.82) is 0 Å². The van der Waals surface area contributed by atoms with E-state index in [9.17, 15) is 4.79 Å². The van der Waals surface area contributed by atoms with Crippen molar-refractivity contribution in [3.63, 3.8) is 0 Å². The average Bonchev–Trinajstić information content (AvgIpc) is 3.08. The van der Waals surface area contributed by atoms with Crippen molar-refractivity contribution in [2.45, 2.75) is 19.9 Å². The Morgan fingerprint density at radius 3 is 2.44 bits per heavy atom. The Labute approximate surface area is 163 Å². The molecule has 0 N–H and O–H groups in total. The normalized spacial score (nSPS) is 19.3. The molecule has 2 saturated heterocycles. The second-order valence-electron chi connectivity index (χ2n) is 7.40. The van der Waals surface area contributed by atoms with Crippen LogP contribution < -0.4 is 4.90 Å². The fourth-order valence-electron chi connectivity index (χ4n) is 3.70. The van der Waals surface area contributed by atoms with Crippen LogP contribution in [0.4, 0.5) is 5.82 Å². The SMILES string of the molecule is CC(C)N1CCN(C(=O)c2nc(N3CCSCC3)c3cnn(C)c3n2)CC1. The Morgan fingerprint density at radius 2 is 1.78 bits per heavy atom. The molecule has 146 valence electrons. The first kappa shape index (κ1) is 18.5. The third-order valence-electron chi connectivity index (χ3n) is 5.41. The number of anilines is 1. The van der Waals surface area contributed by atoms with Gasteiger partial charge >= 0.3 is 0 Å². The second kappa shape index (κ2) is 7.63. The Hall–Kier alpha value is -1.87. The zero-order chi connectivity index (χ0) is 19.0. The molecule has 1 amide bonds. The van der Waals surface area contributed by atoms with Crippen LogP contribution in [0.2, 0.25) is 0 Å². The molecule has 2 aromatic rings. The van der Waals surface area contributed by atoms with Gasteiger partial charge in [-0.3, -0.25) is 14.4 Å². The highest BCUT2D eigenvalue weighted by Crippen LogP contribution is 2.26. The topological polar surface area (TPSA) is 70.4 Å². The van der Waals surface area contributed by atoms with Crippen LogP contribution in [0.3, 0.4) is 0 Å². The van der Waals surface area contributed by atoms with Crippen molar-refractivity contribution in [2.24, 2.45) is 7.05 Å². The molecule has 9 heteroatoms. The summed E-state index contributed by atoms with van der Waals surface area (Å²) in [6, 6.07) is 0.507. The average molecular weight is 390 g/mol. The van der Waals surface area contributed by atoms with E-state index in [0.29, 0.717) is 6.04 Å². The van der Waals surface area contributed by atoms with Crippen molar-refractivity contribution in [2.75, 3.05) is 55.7 Å². The van der Waals surface area contributed by atoms with E-state index in [4.69, 9.17) is 4.98 Å². The Kier molecular flexibility index (Phi) is 5.23. The van der Waals surface area contributed by atoms with Crippen LogP contribution in [-0.4, -0.2) is 92.3 Å². The molecule has 0 spiro atoms. The lowest BCUT2D eigenvalue weighted by atomic mass is 10.2. The first-order chi connectivity index (χ1) is 13.0. The van der Waals surface area contributed by atoms with Crippen LogP contribution >= 0.6 is 11.8 Å². The van der Waals surface area contributed by atoms with Crippen molar-refractivity contribution >= 4 is 34.5 Å². The summed E-state index contributed by atoms with van der Waals surface area (Å²) in [6.45, 7) is 9.50. The van der Waals surface area contributed by atoms with E-state index >= 15 is 0 Å². The Morgan fingerprint density at radius 1 is 1.07 bits per heavy atom. The summed E-state index contributed by atoms with van der Waals surface area (Å²) in [5, 5.41) is 5.27. The van der Waals surface area contributed by atoms with Gasteiger partial charge in [-0.2, -0.15) is 16.9 Å². The molecule has 2 aliphatic heterocycles. The van der Waals surface area contributed by atoms with Crippen LogP contribution in [0.1, 0.15) is 24.5 Å². The number of carbonyl (C=O) groups excluding carboxylic acids is 1. The predicted molar refractivity (Wildman–Crippen MR) is 108 cm³/mol. The fraction of sp³-hybridized carbons (Fsp3) is 0.667. The number of fused-ring (bicyclic) bond motifs is 1. The van der Waals surface area contributed by atoms with E-state index in [1.165, 1.54) is 0 Å². The minimum atomic E-state index is -0.0749. The van der Waals surface area contributed by atoms with Crippen molar-refractivity contribution < 1.29 is 4.79 Å². The number of hydrogen-bond donors (Lipinski definition) is 0. The van der Waals surface area contributed by atoms with Gasteiger partial charge in [-0.1, -0.05) is 0 Å². The summed E-state index contributed by atoms with van der Waals surface area (Å²) >= 11 is 1.95. The van der Waals surface area contributed by atoms with Gasteiger partial charge in [0.2, 0.25) is 5.82 Å². The lowest BCUT2D eigenvalue weighted by molar-refractivity contribution is 0.0584. The first-order valence-corrected chi connectivity index (χ1v) is 10.8. The number of rotatable bonds is 3. The quantitative estimate of drug-likeness (QED) is 0.778. The summed E-state index contributed by atoms with van der Waals surface area (Å²) in [7, 11) is 1.86. The molecule has 2 aromatic heterocycles.